The van der Waals surface area contributed by atoms with Gasteiger partial charge < -0.3 is 10.1 Å². The molecule has 0 aliphatic carbocycles. The zero-order valence-electron chi connectivity index (χ0n) is 9.90. The van der Waals surface area contributed by atoms with Crippen molar-refractivity contribution in [2.24, 2.45) is 0 Å². The summed E-state index contributed by atoms with van der Waals surface area (Å²) in [4.78, 5) is 0. The molecule has 0 saturated carbocycles. The molecule has 1 rings (SSSR count). The monoisotopic (exact) mass is 295 g/mol. The molecule has 2 nitrogen and oxygen atoms in total. The minimum atomic E-state index is 0.109. The molecule has 0 saturated heterocycles. The summed E-state index contributed by atoms with van der Waals surface area (Å²) in [5.41, 5.74) is 0.942. The Bertz CT molecular complexity index is 371. The first-order valence-corrected chi connectivity index (χ1v) is 6.65. The van der Waals surface area contributed by atoms with E-state index in [-0.39, 0.29) is 6.04 Å². The van der Waals surface area contributed by atoms with Crippen LogP contribution in [-0.4, -0.2) is 19.8 Å². The van der Waals surface area contributed by atoms with Gasteiger partial charge in [0.2, 0.25) is 0 Å². The summed E-state index contributed by atoms with van der Waals surface area (Å²) in [6.07, 6.45) is 0. The Morgan fingerprint density at radius 2 is 1.94 bits per heavy atom. The van der Waals surface area contributed by atoms with Crippen molar-refractivity contribution in [2.75, 3.05) is 19.8 Å². The molecular weight excluding hydrogens is 280 g/mol. The average Bonchev–Trinajstić information content (AvgIpc) is 2.31. The van der Waals surface area contributed by atoms with Crippen molar-refractivity contribution in [1.82, 2.24) is 5.32 Å². The summed E-state index contributed by atoms with van der Waals surface area (Å²) in [6.45, 7) is 6.17. The Kier molecular flexibility index (Phi) is 6.60. The lowest BCUT2D eigenvalue weighted by atomic mass is 10.1. The molecular formula is C12H16Cl3NO. The topological polar surface area (TPSA) is 21.3 Å². The molecule has 0 bridgehead atoms. The van der Waals surface area contributed by atoms with Gasteiger partial charge in [0.1, 0.15) is 0 Å². The van der Waals surface area contributed by atoms with Crippen molar-refractivity contribution in [3.05, 3.63) is 32.8 Å². The molecule has 17 heavy (non-hydrogen) atoms. The van der Waals surface area contributed by atoms with Crippen LogP contribution in [0.5, 0.6) is 0 Å². The fourth-order valence-electron chi connectivity index (χ4n) is 1.48. The Balaban J connectivity index is 2.63. The predicted molar refractivity (Wildman–Crippen MR) is 74.4 cm³/mol. The third-order valence-corrected chi connectivity index (χ3v) is 3.74. The zero-order chi connectivity index (χ0) is 12.8. The molecule has 0 spiro atoms. The van der Waals surface area contributed by atoms with Crippen molar-refractivity contribution < 1.29 is 4.74 Å². The highest BCUT2D eigenvalue weighted by Gasteiger charge is 2.13. The van der Waals surface area contributed by atoms with Crippen LogP contribution in [0.1, 0.15) is 25.5 Å². The van der Waals surface area contributed by atoms with Crippen LogP contribution in [0.25, 0.3) is 0 Å². The molecule has 0 amide bonds. The van der Waals surface area contributed by atoms with Crippen LogP contribution in [0.2, 0.25) is 15.1 Å². The summed E-state index contributed by atoms with van der Waals surface area (Å²) < 4.78 is 5.25. The highest BCUT2D eigenvalue weighted by atomic mass is 35.5. The van der Waals surface area contributed by atoms with Gasteiger partial charge in [0.05, 0.1) is 21.7 Å². The highest BCUT2D eigenvalue weighted by Crippen LogP contribution is 2.35. The maximum absolute atomic E-state index is 6.15. The van der Waals surface area contributed by atoms with E-state index in [1.54, 1.807) is 6.07 Å². The summed E-state index contributed by atoms with van der Waals surface area (Å²) in [7, 11) is 0. The van der Waals surface area contributed by atoms with Crippen LogP contribution >= 0.6 is 34.8 Å². The first-order chi connectivity index (χ1) is 8.07. The first-order valence-electron chi connectivity index (χ1n) is 5.52. The van der Waals surface area contributed by atoms with E-state index >= 15 is 0 Å². The third kappa shape index (κ3) is 4.31. The van der Waals surface area contributed by atoms with E-state index in [0.717, 1.165) is 18.7 Å². The Morgan fingerprint density at radius 1 is 1.24 bits per heavy atom. The van der Waals surface area contributed by atoms with Gasteiger partial charge >= 0.3 is 0 Å². The van der Waals surface area contributed by atoms with Crippen LogP contribution in [0.3, 0.4) is 0 Å². The van der Waals surface area contributed by atoms with Gasteiger partial charge in [-0.1, -0.05) is 40.9 Å². The molecule has 0 aliphatic rings. The molecule has 1 aromatic carbocycles. The molecule has 1 atom stereocenters. The van der Waals surface area contributed by atoms with Gasteiger partial charge in [-0.3, -0.25) is 0 Å². The van der Waals surface area contributed by atoms with Crippen molar-refractivity contribution in [3.63, 3.8) is 0 Å². The van der Waals surface area contributed by atoms with Crippen molar-refractivity contribution in [1.29, 1.82) is 0 Å². The van der Waals surface area contributed by atoms with E-state index in [2.05, 4.69) is 5.32 Å². The van der Waals surface area contributed by atoms with E-state index < -0.39 is 0 Å². The normalized spacial score (nSPS) is 12.8. The van der Waals surface area contributed by atoms with Gasteiger partial charge in [0.25, 0.3) is 0 Å². The van der Waals surface area contributed by atoms with Crippen LogP contribution in [0, 0.1) is 0 Å². The second-order valence-electron chi connectivity index (χ2n) is 3.64. The van der Waals surface area contributed by atoms with Crippen molar-refractivity contribution in [2.45, 2.75) is 19.9 Å². The van der Waals surface area contributed by atoms with Crippen LogP contribution in [-0.2, 0) is 4.74 Å². The van der Waals surface area contributed by atoms with Crippen LogP contribution < -0.4 is 5.32 Å². The molecule has 0 aromatic heterocycles. The highest BCUT2D eigenvalue weighted by molar-refractivity contribution is 6.48. The fraction of sp³-hybridized carbons (Fsp3) is 0.500. The Morgan fingerprint density at radius 3 is 2.59 bits per heavy atom. The smallest absolute Gasteiger partial charge is 0.0781 e. The van der Waals surface area contributed by atoms with E-state index in [1.165, 1.54) is 0 Å². The predicted octanol–water partition coefficient (Wildman–Crippen LogP) is 4.33. The molecule has 96 valence electrons. The number of hydrogen-bond donors (Lipinski definition) is 1. The van der Waals surface area contributed by atoms with E-state index in [4.69, 9.17) is 39.5 Å². The second-order valence-corrected chi connectivity index (χ2v) is 4.80. The lowest BCUT2D eigenvalue weighted by Crippen LogP contribution is -2.23. The molecule has 1 N–H and O–H groups in total. The standard InChI is InChI=1S/C12H16Cl3NO/c1-3-17-7-6-16-8(2)9-4-5-10(13)12(15)11(9)14/h4-5,8,16H,3,6-7H2,1-2H3. The summed E-state index contributed by atoms with van der Waals surface area (Å²) in [5.74, 6) is 0. The first kappa shape index (κ1) is 15.1. The number of nitrogens with one attached hydrogen (secondary N) is 1. The summed E-state index contributed by atoms with van der Waals surface area (Å²) in [5, 5.41) is 4.70. The van der Waals surface area contributed by atoms with E-state index in [1.807, 2.05) is 19.9 Å². The molecule has 0 aliphatic heterocycles. The lowest BCUT2D eigenvalue weighted by Gasteiger charge is -2.16. The molecule has 0 radical (unpaired) electrons. The molecule has 5 heteroatoms. The maximum atomic E-state index is 6.15. The molecule has 0 heterocycles. The average molecular weight is 297 g/mol. The largest absolute Gasteiger partial charge is 0.380 e. The molecule has 1 unspecified atom stereocenters. The fourth-order valence-corrected chi connectivity index (χ4v) is 2.18. The van der Waals surface area contributed by atoms with Crippen molar-refractivity contribution >= 4 is 34.8 Å². The van der Waals surface area contributed by atoms with Gasteiger partial charge in [-0.15, -0.1) is 0 Å². The number of ether oxygens (including phenoxy) is 1. The summed E-state index contributed by atoms with van der Waals surface area (Å²) >= 11 is 18.0. The minimum absolute atomic E-state index is 0.109. The van der Waals surface area contributed by atoms with Gasteiger partial charge in [0.15, 0.2) is 0 Å². The number of benzene rings is 1. The quantitative estimate of drug-likeness (QED) is 0.623. The minimum Gasteiger partial charge on any atom is -0.380 e. The van der Waals surface area contributed by atoms with E-state index in [9.17, 15) is 0 Å². The molecule has 1 aromatic rings. The second kappa shape index (κ2) is 7.45. The lowest BCUT2D eigenvalue weighted by molar-refractivity contribution is 0.147. The zero-order valence-corrected chi connectivity index (χ0v) is 12.2. The van der Waals surface area contributed by atoms with Gasteiger partial charge in [-0.2, -0.15) is 0 Å². The van der Waals surface area contributed by atoms with Gasteiger partial charge in [0, 0.05) is 19.2 Å². The molecule has 0 fully saturated rings. The number of halogens is 3. The van der Waals surface area contributed by atoms with Crippen LogP contribution in [0.15, 0.2) is 12.1 Å². The third-order valence-electron chi connectivity index (χ3n) is 2.43. The summed E-state index contributed by atoms with van der Waals surface area (Å²) in [6, 6.07) is 3.75. The van der Waals surface area contributed by atoms with E-state index in [0.29, 0.717) is 21.7 Å². The maximum Gasteiger partial charge on any atom is 0.0781 e. The van der Waals surface area contributed by atoms with Crippen molar-refractivity contribution in [3.8, 4) is 0 Å². The Hall–Kier alpha value is 0.01000. The Labute approximate surface area is 117 Å². The van der Waals surface area contributed by atoms with Gasteiger partial charge in [-0.05, 0) is 25.5 Å². The number of hydrogen-bond acceptors (Lipinski definition) is 2. The van der Waals surface area contributed by atoms with Gasteiger partial charge in [-0.25, -0.2) is 0 Å². The van der Waals surface area contributed by atoms with Crippen LogP contribution in [0.4, 0.5) is 0 Å². The number of rotatable bonds is 6. The SMILES string of the molecule is CCOCCNC(C)c1ccc(Cl)c(Cl)c1Cl.